The first-order valence-electron chi connectivity index (χ1n) is 6.10. The molecule has 18 heavy (non-hydrogen) atoms. The van der Waals surface area contributed by atoms with E-state index >= 15 is 0 Å². The van der Waals surface area contributed by atoms with Crippen molar-refractivity contribution in [1.29, 1.82) is 0 Å². The van der Waals surface area contributed by atoms with Gasteiger partial charge in [-0.2, -0.15) is 0 Å². The number of hydrogen-bond donors (Lipinski definition) is 2. The summed E-state index contributed by atoms with van der Waals surface area (Å²) < 4.78 is 0. The maximum absolute atomic E-state index is 12.1. The van der Waals surface area contributed by atoms with Crippen LogP contribution in [-0.2, 0) is 0 Å². The number of aliphatic hydroxyl groups is 1. The van der Waals surface area contributed by atoms with Crippen molar-refractivity contribution in [2.75, 3.05) is 25.5 Å². The molecule has 0 saturated carbocycles. The minimum atomic E-state index is -0.452. The van der Waals surface area contributed by atoms with Crippen LogP contribution in [0.15, 0.2) is 12.1 Å². The summed E-state index contributed by atoms with van der Waals surface area (Å²) in [4.78, 5) is 13.8. The molecule has 0 aliphatic carbocycles. The smallest absolute Gasteiger partial charge is 0.274 e. The van der Waals surface area contributed by atoms with E-state index in [9.17, 15) is 9.90 Å². The molecule has 1 aliphatic heterocycles. The summed E-state index contributed by atoms with van der Waals surface area (Å²) in [6, 6.07) is 3.36. The van der Waals surface area contributed by atoms with Gasteiger partial charge in [-0.05, 0) is 24.5 Å². The summed E-state index contributed by atoms with van der Waals surface area (Å²) in [7, 11) is 1.74. The van der Waals surface area contributed by atoms with Crippen molar-refractivity contribution in [3.8, 4) is 0 Å². The number of likely N-dealkylation sites (tertiary alicyclic amines) is 1. The van der Waals surface area contributed by atoms with Gasteiger partial charge in [0.1, 0.15) is 5.82 Å². The van der Waals surface area contributed by atoms with E-state index in [0.717, 1.165) is 6.42 Å². The fourth-order valence-electron chi connectivity index (χ4n) is 1.98. The highest BCUT2D eigenvalue weighted by Gasteiger charge is 2.28. The van der Waals surface area contributed by atoms with E-state index in [1.54, 1.807) is 24.1 Å². The molecule has 1 aliphatic rings. The molecule has 1 aromatic rings. The van der Waals surface area contributed by atoms with Gasteiger partial charge in [-0.15, -0.1) is 10.2 Å². The molecule has 1 saturated heterocycles. The molecule has 0 bridgehead atoms. The van der Waals surface area contributed by atoms with Crippen molar-refractivity contribution < 1.29 is 9.90 Å². The molecule has 2 rings (SSSR count). The zero-order valence-corrected chi connectivity index (χ0v) is 10.6. The fourth-order valence-corrected chi connectivity index (χ4v) is 1.98. The number of aliphatic hydroxyl groups excluding tert-OH is 1. The van der Waals surface area contributed by atoms with Crippen LogP contribution in [0.1, 0.15) is 23.8 Å². The Labute approximate surface area is 106 Å². The molecule has 1 fully saturated rings. The van der Waals surface area contributed by atoms with E-state index in [2.05, 4.69) is 15.5 Å². The monoisotopic (exact) mass is 250 g/mol. The Morgan fingerprint density at radius 2 is 2.28 bits per heavy atom. The highest BCUT2D eigenvalue weighted by molar-refractivity contribution is 5.92. The summed E-state index contributed by atoms with van der Waals surface area (Å²) in [6.07, 6.45) is 0.363. The van der Waals surface area contributed by atoms with Crippen molar-refractivity contribution in [1.82, 2.24) is 15.1 Å². The lowest BCUT2D eigenvalue weighted by Crippen LogP contribution is -2.46. The van der Waals surface area contributed by atoms with E-state index in [-0.39, 0.29) is 11.8 Å². The molecule has 2 heterocycles. The maximum atomic E-state index is 12.1. The van der Waals surface area contributed by atoms with Gasteiger partial charge in [0.25, 0.3) is 5.91 Å². The maximum Gasteiger partial charge on any atom is 0.274 e. The Kier molecular flexibility index (Phi) is 3.76. The van der Waals surface area contributed by atoms with E-state index in [0.29, 0.717) is 24.6 Å². The van der Waals surface area contributed by atoms with Crippen LogP contribution in [-0.4, -0.2) is 52.4 Å². The first-order chi connectivity index (χ1) is 8.61. The molecule has 6 heteroatoms. The third-order valence-electron chi connectivity index (χ3n) is 3.35. The highest BCUT2D eigenvalue weighted by atomic mass is 16.3. The molecule has 0 radical (unpaired) electrons. The van der Waals surface area contributed by atoms with Crippen LogP contribution >= 0.6 is 0 Å². The van der Waals surface area contributed by atoms with Gasteiger partial charge in [0.05, 0.1) is 6.10 Å². The predicted octanol–water partition coefficient (Wildman–Crippen LogP) is 0.361. The molecular weight excluding hydrogens is 232 g/mol. The number of nitrogens with zero attached hydrogens (tertiary/aromatic N) is 3. The van der Waals surface area contributed by atoms with Crippen molar-refractivity contribution in [2.45, 2.75) is 19.4 Å². The second-order valence-electron chi connectivity index (χ2n) is 4.64. The SMILES string of the molecule is CNc1ccc(C(=O)N2CCC(C)C(O)C2)nn1. The first-order valence-corrected chi connectivity index (χ1v) is 6.10. The Morgan fingerprint density at radius 1 is 1.50 bits per heavy atom. The number of hydrogen-bond acceptors (Lipinski definition) is 5. The van der Waals surface area contributed by atoms with Crippen molar-refractivity contribution in [3.05, 3.63) is 17.8 Å². The largest absolute Gasteiger partial charge is 0.391 e. The summed E-state index contributed by atoms with van der Waals surface area (Å²) >= 11 is 0. The summed E-state index contributed by atoms with van der Waals surface area (Å²) in [5, 5.41) is 20.4. The lowest BCUT2D eigenvalue weighted by molar-refractivity contribution is 0.0244. The molecular formula is C12H18N4O2. The van der Waals surface area contributed by atoms with Gasteiger partial charge in [0.2, 0.25) is 0 Å². The van der Waals surface area contributed by atoms with Crippen LogP contribution in [0.4, 0.5) is 5.82 Å². The Morgan fingerprint density at radius 3 is 2.83 bits per heavy atom. The van der Waals surface area contributed by atoms with Gasteiger partial charge in [0, 0.05) is 20.1 Å². The van der Waals surface area contributed by atoms with Gasteiger partial charge in [-0.1, -0.05) is 6.92 Å². The van der Waals surface area contributed by atoms with Gasteiger partial charge in [-0.3, -0.25) is 4.79 Å². The third kappa shape index (κ3) is 2.59. The fraction of sp³-hybridized carbons (Fsp3) is 0.583. The molecule has 98 valence electrons. The number of nitrogens with one attached hydrogen (secondary N) is 1. The first kappa shape index (κ1) is 12.8. The average molecular weight is 250 g/mol. The lowest BCUT2D eigenvalue weighted by Gasteiger charge is -2.33. The topological polar surface area (TPSA) is 78.4 Å². The number of rotatable bonds is 2. The molecule has 2 unspecified atom stereocenters. The summed E-state index contributed by atoms with van der Waals surface area (Å²) in [6.45, 7) is 3.02. The van der Waals surface area contributed by atoms with Gasteiger partial charge >= 0.3 is 0 Å². The standard InChI is InChI=1S/C12H18N4O2/c1-8-5-6-16(7-10(8)17)12(18)9-3-4-11(13-2)15-14-9/h3-4,8,10,17H,5-7H2,1-2H3,(H,13,15). The molecule has 6 nitrogen and oxygen atoms in total. The lowest BCUT2D eigenvalue weighted by atomic mass is 9.96. The minimum Gasteiger partial charge on any atom is -0.391 e. The molecule has 2 N–H and O–H groups in total. The minimum absolute atomic E-state index is 0.170. The predicted molar refractivity (Wildman–Crippen MR) is 67.3 cm³/mol. The zero-order valence-electron chi connectivity index (χ0n) is 10.6. The van der Waals surface area contributed by atoms with Gasteiger partial charge < -0.3 is 15.3 Å². The number of β-amino-alcohol motifs (C(OH)–C–C–N with tert-alkyl or cyclic N) is 1. The van der Waals surface area contributed by atoms with Crippen LogP contribution in [0.5, 0.6) is 0 Å². The molecule has 0 aromatic carbocycles. The average Bonchev–Trinajstić information content (AvgIpc) is 2.41. The number of amides is 1. The summed E-state index contributed by atoms with van der Waals surface area (Å²) in [5.74, 6) is 0.696. The van der Waals surface area contributed by atoms with Crippen LogP contribution in [0.3, 0.4) is 0 Å². The van der Waals surface area contributed by atoms with Gasteiger partial charge in [0.15, 0.2) is 5.69 Å². The molecule has 1 amide bonds. The number of carbonyl (C=O) groups excluding carboxylic acids is 1. The number of anilines is 1. The Bertz CT molecular complexity index is 421. The van der Waals surface area contributed by atoms with E-state index in [1.807, 2.05) is 6.92 Å². The van der Waals surface area contributed by atoms with Crippen LogP contribution in [0.25, 0.3) is 0 Å². The molecule has 0 spiro atoms. The second-order valence-corrected chi connectivity index (χ2v) is 4.64. The van der Waals surface area contributed by atoms with Gasteiger partial charge in [-0.25, -0.2) is 0 Å². The second kappa shape index (κ2) is 5.30. The molecule has 1 aromatic heterocycles. The highest BCUT2D eigenvalue weighted by Crippen LogP contribution is 2.18. The normalized spacial score (nSPS) is 23.8. The number of aromatic nitrogens is 2. The van der Waals surface area contributed by atoms with Crippen molar-refractivity contribution in [3.63, 3.8) is 0 Å². The van der Waals surface area contributed by atoms with E-state index < -0.39 is 6.10 Å². The van der Waals surface area contributed by atoms with Crippen LogP contribution < -0.4 is 5.32 Å². The quantitative estimate of drug-likeness (QED) is 0.792. The Hall–Kier alpha value is -1.69. The van der Waals surface area contributed by atoms with Crippen molar-refractivity contribution in [2.24, 2.45) is 5.92 Å². The van der Waals surface area contributed by atoms with E-state index in [1.165, 1.54) is 0 Å². The summed E-state index contributed by atoms with van der Waals surface area (Å²) in [5.41, 5.74) is 0.316. The number of carbonyl (C=O) groups is 1. The molecule has 2 atom stereocenters. The zero-order chi connectivity index (χ0) is 13.1. The van der Waals surface area contributed by atoms with Crippen LogP contribution in [0, 0.1) is 5.92 Å². The van der Waals surface area contributed by atoms with Crippen LogP contribution in [0.2, 0.25) is 0 Å². The third-order valence-corrected chi connectivity index (χ3v) is 3.35. The van der Waals surface area contributed by atoms with Crippen molar-refractivity contribution >= 4 is 11.7 Å². The Balaban J connectivity index is 2.06. The number of piperidine rings is 1. The van der Waals surface area contributed by atoms with E-state index in [4.69, 9.17) is 0 Å².